The van der Waals surface area contributed by atoms with E-state index in [2.05, 4.69) is 37.2 Å². The largest absolute Gasteiger partial charge is 0.421 e. The number of non-ortho nitro benzene ring substituents is 1. The van der Waals surface area contributed by atoms with E-state index >= 15 is 0 Å². The highest BCUT2D eigenvalue weighted by Crippen LogP contribution is 2.34. The first-order chi connectivity index (χ1) is 14.7. The third-order valence-corrected chi connectivity index (χ3v) is 5.46. The van der Waals surface area contributed by atoms with Crippen molar-refractivity contribution in [2.24, 2.45) is 0 Å². The zero-order chi connectivity index (χ0) is 22.5. The number of anilines is 1. The van der Waals surface area contributed by atoms with Crippen LogP contribution in [0.3, 0.4) is 0 Å². The molecule has 0 saturated heterocycles. The molecule has 3 rings (SSSR count). The van der Waals surface area contributed by atoms with E-state index in [0.717, 1.165) is 0 Å². The third-order valence-electron chi connectivity index (χ3n) is 4.09. The first-order valence-electron chi connectivity index (χ1n) is 8.73. The van der Waals surface area contributed by atoms with Crippen LogP contribution < -0.4 is 10.1 Å². The molecule has 1 N–H and O–H groups in total. The number of halogens is 3. The van der Waals surface area contributed by atoms with Gasteiger partial charge in [0.2, 0.25) is 5.91 Å². The van der Waals surface area contributed by atoms with E-state index in [9.17, 15) is 19.7 Å². The van der Waals surface area contributed by atoms with Crippen molar-refractivity contribution in [2.45, 2.75) is 6.42 Å². The number of nitro groups is 1. The Balaban J connectivity index is 1.80. The Morgan fingerprint density at radius 1 is 1.06 bits per heavy atom. The average Bonchev–Trinajstić information content (AvgIpc) is 2.71. The summed E-state index contributed by atoms with van der Waals surface area (Å²) in [5.41, 5.74) is 0.961. The van der Waals surface area contributed by atoms with Crippen LogP contribution >= 0.6 is 43.5 Å². The molecule has 7 nitrogen and oxygen atoms in total. The number of esters is 1. The molecule has 0 heterocycles. The van der Waals surface area contributed by atoms with Crippen molar-refractivity contribution >= 4 is 66.7 Å². The van der Waals surface area contributed by atoms with Gasteiger partial charge >= 0.3 is 5.97 Å². The molecule has 0 aromatic heterocycles. The second-order valence-corrected chi connectivity index (χ2v) is 8.45. The summed E-state index contributed by atoms with van der Waals surface area (Å²) >= 11 is 12.8. The highest BCUT2D eigenvalue weighted by Gasteiger charge is 2.19. The van der Waals surface area contributed by atoms with Gasteiger partial charge in [-0.15, -0.1) is 0 Å². The van der Waals surface area contributed by atoms with Gasteiger partial charge in [-0.3, -0.25) is 14.9 Å². The molecule has 1 amide bonds. The normalized spacial score (nSPS) is 10.4. The van der Waals surface area contributed by atoms with Crippen molar-refractivity contribution in [3.63, 3.8) is 0 Å². The Hall–Kier alpha value is -2.75. The number of nitro benzene ring substituents is 1. The van der Waals surface area contributed by atoms with Crippen LogP contribution in [0.2, 0.25) is 5.02 Å². The zero-order valence-corrected chi connectivity index (χ0v) is 19.5. The summed E-state index contributed by atoms with van der Waals surface area (Å²) in [5.74, 6) is -0.869. The predicted octanol–water partition coefficient (Wildman–Crippen LogP) is 6.17. The summed E-state index contributed by atoms with van der Waals surface area (Å²) < 4.78 is 6.69. The Kier molecular flexibility index (Phi) is 7.42. The monoisotopic (exact) mass is 566 g/mol. The minimum atomic E-state index is -0.661. The maximum absolute atomic E-state index is 12.6. The number of nitrogens with one attached hydrogen (secondary N) is 1. The third kappa shape index (κ3) is 5.90. The van der Waals surface area contributed by atoms with Gasteiger partial charge in [-0.2, -0.15) is 0 Å². The Morgan fingerprint density at radius 3 is 2.39 bits per heavy atom. The van der Waals surface area contributed by atoms with Crippen molar-refractivity contribution in [2.75, 3.05) is 5.32 Å². The average molecular weight is 569 g/mol. The molecule has 3 aromatic carbocycles. The molecule has 0 saturated carbocycles. The summed E-state index contributed by atoms with van der Waals surface area (Å²) in [7, 11) is 0. The van der Waals surface area contributed by atoms with Gasteiger partial charge in [0.15, 0.2) is 0 Å². The van der Waals surface area contributed by atoms with E-state index in [0.29, 0.717) is 20.2 Å². The second kappa shape index (κ2) is 10.0. The fraction of sp³-hybridized carbons (Fsp3) is 0.0476. The Bertz CT molecular complexity index is 1170. The van der Waals surface area contributed by atoms with Crippen molar-refractivity contribution in [1.29, 1.82) is 0 Å². The topological polar surface area (TPSA) is 98.5 Å². The summed E-state index contributed by atoms with van der Waals surface area (Å²) in [6, 6.07) is 15.3. The van der Waals surface area contributed by atoms with Crippen LogP contribution in [0, 0.1) is 10.1 Å². The number of nitrogens with zero attached hydrogens (tertiary/aromatic N) is 1. The molecule has 0 bridgehead atoms. The van der Waals surface area contributed by atoms with Crippen molar-refractivity contribution in [3.8, 4) is 5.75 Å². The molecule has 0 atom stereocenters. The van der Waals surface area contributed by atoms with Gasteiger partial charge in [-0.05, 0) is 52.3 Å². The molecule has 0 unspecified atom stereocenters. The van der Waals surface area contributed by atoms with Gasteiger partial charge in [0.05, 0.1) is 26.4 Å². The lowest BCUT2D eigenvalue weighted by Gasteiger charge is -2.14. The van der Waals surface area contributed by atoms with E-state index in [4.69, 9.17) is 16.3 Å². The van der Waals surface area contributed by atoms with E-state index < -0.39 is 16.8 Å². The van der Waals surface area contributed by atoms with Crippen LogP contribution in [-0.2, 0) is 11.2 Å². The smallest absolute Gasteiger partial charge is 0.345 e. The quantitative estimate of drug-likeness (QED) is 0.166. The fourth-order valence-electron chi connectivity index (χ4n) is 2.68. The van der Waals surface area contributed by atoms with Crippen LogP contribution in [0.5, 0.6) is 5.75 Å². The van der Waals surface area contributed by atoms with Gasteiger partial charge in [0.1, 0.15) is 5.75 Å². The van der Waals surface area contributed by atoms with E-state index in [1.54, 1.807) is 36.4 Å². The molecule has 0 spiro atoms. The molecular weight excluding hydrogens is 556 g/mol. The first-order valence-corrected chi connectivity index (χ1v) is 10.7. The highest BCUT2D eigenvalue weighted by molar-refractivity contribution is 9.11. The number of amides is 1. The fourth-order valence-corrected chi connectivity index (χ4v) is 4.29. The van der Waals surface area contributed by atoms with Crippen LogP contribution in [0.1, 0.15) is 15.9 Å². The summed E-state index contributed by atoms with van der Waals surface area (Å²) in [6.45, 7) is 0. The Labute approximate surface area is 198 Å². The van der Waals surface area contributed by atoms with Gasteiger partial charge in [-0.25, -0.2) is 4.79 Å². The number of benzene rings is 3. The maximum atomic E-state index is 12.6. The first kappa shape index (κ1) is 22.9. The molecular formula is C21H13Br2ClN2O5. The van der Waals surface area contributed by atoms with Crippen molar-refractivity contribution < 1.29 is 19.2 Å². The van der Waals surface area contributed by atoms with Crippen LogP contribution in [0.25, 0.3) is 0 Å². The molecule has 31 heavy (non-hydrogen) atoms. The number of hydrogen-bond acceptors (Lipinski definition) is 5. The van der Waals surface area contributed by atoms with Crippen molar-refractivity contribution in [1.82, 2.24) is 0 Å². The van der Waals surface area contributed by atoms with Gasteiger partial charge in [0.25, 0.3) is 5.69 Å². The summed E-state index contributed by atoms with van der Waals surface area (Å²) in [5, 5.41) is 13.7. The molecule has 0 radical (unpaired) electrons. The van der Waals surface area contributed by atoms with Crippen molar-refractivity contribution in [3.05, 3.63) is 95.9 Å². The SMILES string of the molecule is O=C(Cc1cc(Br)cc(Br)c1OC(=O)c1ccccc1Cl)Nc1ccc([N+](=O)[O-])cc1. The number of ether oxygens (including phenoxy) is 1. The highest BCUT2D eigenvalue weighted by atomic mass is 79.9. The van der Waals surface area contributed by atoms with Crippen LogP contribution in [0.15, 0.2) is 69.6 Å². The van der Waals surface area contributed by atoms with E-state index in [1.165, 1.54) is 24.3 Å². The number of rotatable bonds is 6. The number of carbonyl (C=O) groups is 2. The minimum Gasteiger partial charge on any atom is -0.421 e. The van der Waals surface area contributed by atoms with Gasteiger partial charge < -0.3 is 10.1 Å². The van der Waals surface area contributed by atoms with Gasteiger partial charge in [-0.1, -0.05) is 39.7 Å². The van der Waals surface area contributed by atoms with E-state index in [1.807, 2.05) is 0 Å². The molecule has 0 aliphatic rings. The molecule has 0 fully saturated rings. The molecule has 0 aliphatic heterocycles. The zero-order valence-electron chi connectivity index (χ0n) is 15.6. The number of carbonyl (C=O) groups excluding carboxylic acids is 2. The Morgan fingerprint density at radius 2 is 1.74 bits per heavy atom. The maximum Gasteiger partial charge on any atom is 0.345 e. The van der Waals surface area contributed by atoms with E-state index in [-0.39, 0.29) is 28.4 Å². The summed E-state index contributed by atoms with van der Waals surface area (Å²) in [6.07, 6.45) is -0.111. The predicted molar refractivity (Wildman–Crippen MR) is 124 cm³/mol. The standard InChI is InChI=1S/C21H13Br2ClN2O5/c22-13-9-12(10-19(27)25-14-5-7-15(8-6-14)26(29)30)20(17(23)11-13)31-21(28)16-3-1-2-4-18(16)24/h1-9,11H,10H2,(H,25,27). The lowest BCUT2D eigenvalue weighted by atomic mass is 10.1. The molecule has 158 valence electrons. The van der Waals surface area contributed by atoms with Crippen LogP contribution in [-0.4, -0.2) is 16.8 Å². The molecule has 0 aliphatic carbocycles. The number of hydrogen-bond donors (Lipinski definition) is 1. The van der Waals surface area contributed by atoms with Gasteiger partial charge in [0, 0.05) is 27.9 Å². The molecule has 3 aromatic rings. The lowest BCUT2D eigenvalue weighted by molar-refractivity contribution is -0.384. The molecule has 10 heteroatoms. The van der Waals surface area contributed by atoms with Crippen LogP contribution in [0.4, 0.5) is 11.4 Å². The lowest BCUT2D eigenvalue weighted by Crippen LogP contribution is -2.17. The minimum absolute atomic E-state index is 0.0808. The summed E-state index contributed by atoms with van der Waals surface area (Å²) in [4.78, 5) is 35.4. The second-order valence-electron chi connectivity index (χ2n) is 6.27.